The highest BCUT2D eigenvalue weighted by atomic mass is 35.5. The molecule has 29 heavy (non-hydrogen) atoms. The van der Waals surface area contributed by atoms with Crippen LogP contribution in [0.5, 0.6) is 0 Å². The zero-order chi connectivity index (χ0) is 21.0. The van der Waals surface area contributed by atoms with Gasteiger partial charge >= 0.3 is 6.18 Å². The third-order valence-corrected chi connectivity index (χ3v) is 4.58. The minimum absolute atomic E-state index is 0.114. The molecule has 4 nitrogen and oxygen atoms in total. The van der Waals surface area contributed by atoms with Gasteiger partial charge in [-0.25, -0.2) is 4.98 Å². The van der Waals surface area contributed by atoms with E-state index in [1.165, 1.54) is 6.08 Å². The lowest BCUT2D eigenvalue weighted by Crippen LogP contribution is -2.08. The van der Waals surface area contributed by atoms with Crippen LogP contribution in [0.3, 0.4) is 0 Å². The van der Waals surface area contributed by atoms with Gasteiger partial charge in [-0.3, -0.25) is 4.79 Å². The van der Waals surface area contributed by atoms with Crippen LogP contribution in [-0.2, 0) is 17.5 Å². The van der Waals surface area contributed by atoms with E-state index in [0.717, 1.165) is 35.7 Å². The number of aryl methyl sites for hydroxylation is 1. The van der Waals surface area contributed by atoms with Crippen molar-refractivity contribution in [2.24, 2.45) is 0 Å². The van der Waals surface area contributed by atoms with Crippen molar-refractivity contribution in [1.29, 1.82) is 0 Å². The number of carbonyl (C=O) groups is 1. The normalized spacial score (nSPS) is 11.8. The van der Waals surface area contributed by atoms with Gasteiger partial charge in [0.2, 0.25) is 5.91 Å². The summed E-state index contributed by atoms with van der Waals surface area (Å²) >= 11 is 5.92. The van der Waals surface area contributed by atoms with E-state index in [-0.39, 0.29) is 10.6 Å². The summed E-state index contributed by atoms with van der Waals surface area (Å²) in [4.78, 5) is 16.3. The van der Waals surface area contributed by atoms with Crippen LogP contribution in [-0.4, -0.2) is 15.5 Å². The molecular weight excluding hydrogens is 403 g/mol. The summed E-state index contributed by atoms with van der Waals surface area (Å²) < 4.78 is 40.4. The number of halogens is 4. The van der Waals surface area contributed by atoms with Gasteiger partial charge in [0, 0.05) is 35.7 Å². The predicted molar refractivity (Wildman–Crippen MR) is 107 cm³/mol. The van der Waals surface area contributed by atoms with Crippen LogP contribution in [0.25, 0.3) is 6.08 Å². The summed E-state index contributed by atoms with van der Waals surface area (Å²) in [6.07, 6.45) is 1.53. The van der Waals surface area contributed by atoms with Crippen LogP contribution < -0.4 is 5.32 Å². The van der Waals surface area contributed by atoms with Crippen LogP contribution in [0.2, 0.25) is 5.02 Å². The number of anilines is 1. The highest BCUT2D eigenvalue weighted by molar-refractivity contribution is 6.32. The van der Waals surface area contributed by atoms with Crippen molar-refractivity contribution in [2.45, 2.75) is 19.6 Å². The summed E-state index contributed by atoms with van der Waals surface area (Å²) in [6.45, 7) is 2.57. The first-order valence-electron chi connectivity index (χ1n) is 8.65. The highest BCUT2D eigenvalue weighted by Gasteiger charge is 2.30. The maximum atomic E-state index is 12.8. The Bertz CT molecular complexity index is 1040. The lowest BCUT2D eigenvalue weighted by molar-refractivity contribution is -0.137. The number of alkyl halides is 3. The zero-order valence-electron chi connectivity index (χ0n) is 15.4. The number of imidazole rings is 1. The van der Waals surface area contributed by atoms with Gasteiger partial charge < -0.3 is 9.88 Å². The number of nitrogens with zero attached hydrogens (tertiary/aromatic N) is 2. The van der Waals surface area contributed by atoms with Gasteiger partial charge in [-0.2, -0.15) is 13.2 Å². The first kappa shape index (κ1) is 20.7. The van der Waals surface area contributed by atoms with Crippen LogP contribution in [0.15, 0.2) is 60.9 Å². The Kier molecular flexibility index (Phi) is 6.08. The van der Waals surface area contributed by atoms with Gasteiger partial charge in [0.15, 0.2) is 0 Å². The van der Waals surface area contributed by atoms with Gasteiger partial charge in [0.25, 0.3) is 0 Å². The maximum absolute atomic E-state index is 12.8. The molecule has 0 spiro atoms. The molecule has 0 saturated carbocycles. The second-order valence-electron chi connectivity index (χ2n) is 6.36. The lowest BCUT2D eigenvalue weighted by atomic mass is 10.1. The maximum Gasteiger partial charge on any atom is 0.416 e. The third kappa shape index (κ3) is 5.48. The topological polar surface area (TPSA) is 46.9 Å². The molecule has 0 fully saturated rings. The van der Waals surface area contributed by atoms with E-state index in [4.69, 9.17) is 11.6 Å². The van der Waals surface area contributed by atoms with Gasteiger partial charge in [-0.15, -0.1) is 0 Å². The molecule has 0 bridgehead atoms. The van der Waals surface area contributed by atoms with E-state index in [9.17, 15) is 18.0 Å². The SMILES string of the molecule is Cc1nccn1Cc1ccc(NC(=O)/C=C/c2cc(C(F)(F)F)ccc2Cl)cc1. The quantitative estimate of drug-likeness (QED) is 0.550. The Hall–Kier alpha value is -3.06. The summed E-state index contributed by atoms with van der Waals surface area (Å²) in [7, 11) is 0. The zero-order valence-corrected chi connectivity index (χ0v) is 16.1. The standard InChI is InChI=1S/C21H17ClF3N3O/c1-14-26-10-11-28(14)13-15-2-6-18(7-3-15)27-20(29)9-4-16-12-17(21(23,24)25)5-8-19(16)22/h2-12H,13H2,1H3,(H,27,29)/b9-4+. The monoisotopic (exact) mass is 419 g/mol. The molecule has 3 aromatic rings. The van der Waals surface area contributed by atoms with E-state index < -0.39 is 17.6 Å². The number of carbonyl (C=O) groups excluding carboxylic acids is 1. The summed E-state index contributed by atoms with van der Waals surface area (Å²) in [5, 5.41) is 2.79. The first-order chi connectivity index (χ1) is 13.7. The van der Waals surface area contributed by atoms with E-state index in [1.807, 2.05) is 29.8 Å². The van der Waals surface area contributed by atoms with Crippen LogP contribution in [0.4, 0.5) is 18.9 Å². The van der Waals surface area contributed by atoms with Crippen molar-refractivity contribution in [3.63, 3.8) is 0 Å². The Morgan fingerprint density at radius 2 is 1.93 bits per heavy atom. The largest absolute Gasteiger partial charge is 0.416 e. The fourth-order valence-corrected chi connectivity index (χ4v) is 2.84. The lowest BCUT2D eigenvalue weighted by Gasteiger charge is -2.08. The fraction of sp³-hybridized carbons (Fsp3) is 0.143. The van der Waals surface area contributed by atoms with Crippen LogP contribution in [0, 0.1) is 6.92 Å². The molecule has 1 heterocycles. The molecule has 0 saturated heterocycles. The molecule has 8 heteroatoms. The van der Waals surface area contributed by atoms with Gasteiger partial charge in [0.1, 0.15) is 5.82 Å². The molecule has 0 atom stereocenters. The second-order valence-corrected chi connectivity index (χ2v) is 6.76. The summed E-state index contributed by atoms with van der Waals surface area (Å²) in [5.41, 5.74) is 0.893. The number of rotatable bonds is 5. The van der Waals surface area contributed by atoms with Gasteiger partial charge in [-0.05, 0) is 54.5 Å². The molecule has 0 unspecified atom stereocenters. The van der Waals surface area contributed by atoms with Crippen molar-refractivity contribution in [3.05, 3.63) is 88.5 Å². The molecule has 2 aromatic carbocycles. The van der Waals surface area contributed by atoms with Gasteiger partial charge in [0.05, 0.1) is 5.56 Å². The second kappa shape index (κ2) is 8.53. The average molecular weight is 420 g/mol. The molecule has 0 aliphatic heterocycles. The van der Waals surface area contributed by atoms with Crippen molar-refractivity contribution in [2.75, 3.05) is 5.32 Å². The Balaban J connectivity index is 1.64. The molecule has 1 aromatic heterocycles. The summed E-state index contributed by atoms with van der Waals surface area (Å²) in [6, 6.07) is 10.2. The number of benzene rings is 2. The van der Waals surface area contributed by atoms with Crippen molar-refractivity contribution < 1.29 is 18.0 Å². The molecule has 150 valence electrons. The molecular formula is C21H17ClF3N3O. The van der Waals surface area contributed by atoms with Crippen molar-refractivity contribution >= 4 is 29.3 Å². The van der Waals surface area contributed by atoms with E-state index in [0.29, 0.717) is 12.2 Å². The fourth-order valence-electron chi connectivity index (χ4n) is 2.66. The molecule has 1 amide bonds. The van der Waals surface area contributed by atoms with E-state index in [2.05, 4.69) is 10.3 Å². The molecule has 0 aliphatic rings. The minimum atomic E-state index is -4.48. The summed E-state index contributed by atoms with van der Waals surface area (Å²) in [5.74, 6) is 0.428. The number of aromatic nitrogens is 2. The minimum Gasteiger partial charge on any atom is -0.331 e. The predicted octanol–water partition coefficient (Wildman–Crippen LogP) is 5.56. The number of hydrogen-bond acceptors (Lipinski definition) is 2. The van der Waals surface area contributed by atoms with Crippen LogP contribution in [0.1, 0.15) is 22.5 Å². The van der Waals surface area contributed by atoms with Crippen molar-refractivity contribution in [1.82, 2.24) is 9.55 Å². The first-order valence-corrected chi connectivity index (χ1v) is 9.02. The number of hydrogen-bond donors (Lipinski definition) is 1. The highest BCUT2D eigenvalue weighted by Crippen LogP contribution is 2.32. The van der Waals surface area contributed by atoms with E-state index >= 15 is 0 Å². The molecule has 0 aliphatic carbocycles. The molecule has 3 rings (SSSR count). The third-order valence-electron chi connectivity index (χ3n) is 4.24. The Morgan fingerprint density at radius 1 is 1.21 bits per heavy atom. The average Bonchev–Trinajstić information content (AvgIpc) is 3.06. The number of amides is 1. The van der Waals surface area contributed by atoms with Crippen LogP contribution >= 0.6 is 11.6 Å². The van der Waals surface area contributed by atoms with Gasteiger partial charge in [-0.1, -0.05) is 23.7 Å². The Labute approximate surface area is 170 Å². The smallest absolute Gasteiger partial charge is 0.331 e. The number of nitrogens with one attached hydrogen (secondary N) is 1. The Morgan fingerprint density at radius 3 is 2.55 bits per heavy atom. The molecule has 1 N–H and O–H groups in total. The molecule has 0 radical (unpaired) electrons. The van der Waals surface area contributed by atoms with E-state index in [1.54, 1.807) is 18.3 Å². The van der Waals surface area contributed by atoms with Crippen molar-refractivity contribution in [3.8, 4) is 0 Å².